The van der Waals surface area contributed by atoms with Crippen LogP contribution in [0.5, 0.6) is 0 Å². The number of hydrogen-bond acceptors (Lipinski definition) is 5. The second-order valence-electron chi connectivity index (χ2n) is 8.35. The predicted molar refractivity (Wildman–Crippen MR) is 110 cm³/mol. The first kappa shape index (κ1) is 20.1. The molecule has 5 nitrogen and oxygen atoms in total. The van der Waals surface area contributed by atoms with E-state index in [4.69, 9.17) is 0 Å². The Morgan fingerprint density at radius 2 is 1.25 bits per heavy atom. The van der Waals surface area contributed by atoms with Crippen molar-refractivity contribution in [3.63, 3.8) is 0 Å². The molecule has 1 aromatic carbocycles. The quantitative estimate of drug-likeness (QED) is 0.784. The van der Waals surface area contributed by atoms with Gasteiger partial charge in [0.1, 0.15) is 6.10 Å². The highest BCUT2D eigenvalue weighted by Crippen LogP contribution is 2.51. The third-order valence-electron chi connectivity index (χ3n) is 6.87. The maximum Gasteiger partial charge on any atom is 0.206 e. The largest absolute Gasteiger partial charge is 0.386 e. The molecule has 0 spiro atoms. The second-order valence-corrected chi connectivity index (χ2v) is 13.6. The minimum atomic E-state index is -4.08. The summed E-state index contributed by atoms with van der Waals surface area (Å²) in [5, 5.41) is 9.96. The van der Waals surface area contributed by atoms with Crippen LogP contribution in [0.1, 0.15) is 63.4 Å². The summed E-state index contributed by atoms with van der Waals surface area (Å²) in [5.74, 6) is 0. The standard InChI is InChI=1S/C21H28O5S2/c22-20-19(16-8-2-1-3-9-16)14-15-21(20,27(23,24)17-10-4-5-11-17)28(25,26)18-12-6-7-13-18/h1-3,8-9,14,17-18,20,22H,4-7,10-13,15H2. The van der Waals surface area contributed by atoms with Gasteiger partial charge in [-0.15, -0.1) is 0 Å². The molecule has 0 aliphatic heterocycles. The first-order chi connectivity index (χ1) is 13.3. The number of hydrogen-bond donors (Lipinski definition) is 1. The van der Waals surface area contributed by atoms with E-state index in [2.05, 4.69) is 0 Å². The summed E-state index contributed by atoms with van der Waals surface area (Å²) >= 11 is 0. The molecule has 1 N–H and O–H groups in total. The normalized spacial score (nSPS) is 26.6. The highest BCUT2D eigenvalue weighted by Gasteiger charge is 2.66. The van der Waals surface area contributed by atoms with Crippen molar-refractivity contribution < 1.29 is 21.9 Å². The molecule has 0 amide bonds. The van der Waals surface area contributed by atoms with E-state index in [0.717, 1.165) is 25.7 Å². The maximum absolute atomic E-state index is 13.8. The van der Waals surface area contributed by atoms with Crippen molar-refractivity contribution >= 4 is 25.2 Å². The number of aliphatic hydroxyl groups is 1. The second kappa shape index (κ2) is 7.26. The van der Waals surface area contributed by atoms with Gasteiger partial charge in [-0.05, 0) is 36.8 Å². The molecule has 0 radical (unpaired) electrons. The van der Waals surface area contributed by atoms with Crippen molar-refractivity contribution in [2.75, 3.05) is 0 Å². The fourth-order valence-corrected chi connectivity index (χ4v) is 11.9. The van der Waals surface area contributed by atoms with E-state index in [1.807, 2.05) is 6.07 Å². The Labute approximate surface area is 167 Å². The van der Waals surface area contributed by atoms with E-state index in [1.165, 1.54) is 0 Å². The molecule has 28 heavy (non-hydrogen) atoms. The van der Waals surface area contributed by atoms with Crippen LogP contribution in [0.25, 0.3) is 5.57 Å². The van der Waals surface area contributed by atoms with Crippen LogP contribution in [0.3, 0.4) is 0 Å². The Kier molecular flexibility index (Phi) is 5.21. The molecular formula is C21H28O5S2. The summed E-state index contributed by atoms with van der Waals surface area (Å²) in [5.41, 5.74) is 1.10. The molecule has 1 atom stereocenters. The molecule has 1 aromatic rings. The number of allylic oxidation sites excluding steroid dienone is 1. The van der Waals surface area contributed by atoms with Gasteiger partial charge < -0.3 is 5.11 Å². The van der Waals surface area contributed by atoms with Crippen molar-refractivity contribution in [3.05, 3.63) is 42.0 Å². The van der Waals surface area contributed by atoms with Gasteiger partial charge in [0.25, 0.3) is 0 Å². The Morgan fingerprint density at radius 1 is 0.786 bits per heavy atom. The van der Waals surface area contributed by atoms with Gasteiger partial charge in [0.2, 0.25) is 4.08 Å². The topological polar surface area (TPSA) is 88.5 Å². The molecule has 0 bridgehead atoms. The monoisotopic (exact) mass is 424 g/mol. The van der Waals surface area contributed by atoms with Crippen molar-refractivity contribution in [1.82, 2.24) is 0 Å². The summed E-state index contributed by atoms with van der Waals surface area (Å²) < 4.78 is 53.0. The Morgan fingerprint density at radius 3 is 1.71 bits per heavy atom. The van der Waals surface area contributed by atoms with Gasteiger partial charge >= 0.3 is 0 Å². The van der Waals surface area contributed by atoms with Crippen LogP contribution in [-0.4, -0.2) is 42.6 Å². The summed E-state index contributed by atoms with van der Waals surface area (Å²) in [7, 11) is -8.15. The lowest BCUT2D eigenvalue weighted by Gasteiger charge is -2.37. The smallest absolute Gasteiger partial charge is 0.206 e. The van der Waals surface area contributed by atoms with Crippen LogP contribution in [0, 0.1) is 0 Å². The SMILES string of the molecule is O=S(=O)(C1CCCC1)C1(S(=O)(=O)C2CCCC2)CC=C(c2ccccc2)C1O. The van der Waals surface area contributed by atoms with E-state index in [0.29, 0.717) is 36.8 Å². The number of rotatable bonds is 5. The first-order valence-corrected chi connectivity index (χ1v) is 13.3. The van der Waals surface area contributed by atoms with Gasteiger partial charge in [0, 0.05) is 6.42 Å². The van der Waals surface area contributed by atoms with E-state index in [-0.39, 0.29) is 6.42 Å². The zero-order valence-electron chi connectivity index (χ0n) is 16.0. The Balaban J connectivity index is 1.84. The number of benzene rings is 1. The predicted octanol–water partition coefficient (Wildman–Crippen LogP) is 3.25. The molecule has 0 heterocycles. The highest BCUT2D eigenvalue weighted by molar-refractivity contribution is 8.11. The van der Waals surface area contributed by atoms with Gasteiger partial charge in [-0.1, -0.05) is 62.1 Å². The molecule has 154 valence electrons. The van der Waals surface area contributed by atoms with Crippen LogP contribution in [-0.2, 0) is 19.7 Å². The molecule has 7 heteroatoms. The minimum Gasteiger partial charge on any atom is -0.386 e. The molecule has 0 saturated heterocycles. The van der Waals surface area contributed by atoms with Gasteiger partial charge in [-0.3, -0.25) is 0 Å². The maximum atomic E-state index is 13.8. The Bertz CT molecular complexity index is 905. The van der Waals surface area contributed by atoms with Crippen molar-refractivity contribution in [1.29, 1.82) is 0 Å². The van der Waals surface area contributed by atoms with Crippen LogP contribution < -0.4 is 0 Å². The highest BCUT2D eigenvalue weighted by atomic mass is 32.3. The Hall–Kier alpha value is -1.18. The molecule has 4 rings (SSSR count). The third-order valence-corrected chi connectivity index (χ3v) is 13.7. The summed E-state index contributed by atoms with van der Waals surface area (Å²) in [6.07, 6.45) is 5.03. The summed E-state index contributed by atoms with van der Waals surface area (Å²) in [6, 6.07) is 9.02. The van der Waals surface area contributed by atoms with Crippen LogP contribution in [0.15, 0.2) is 36.4 Å². The van der Waals surface area contributed by atoms with E-state index >= 15 is 0 Å². The van der Waals surface area contributed by atoms with Crippen molar-refractivity contribution in [2.45, 2.75) is 78.5 Å². The van der Waals surface area contributed by atoms with E-state index in [9.17, 15) is 21.9 Å². The van der Waals surface area contributed by atoms with Crippen LogP contribution in [0.4, 0.5) is 0 Å². The van der Waals surface area contributed by atoms with Crippen molar-refractivity contribution in [2.24, 2.45) is 0 Å². The fraction of sp³-hybridized carbons (Fsp3) is 0.619. The van der Waals surface area contributed by atoms with Crippen LogP contribution >= 0.6 is 0 Å². The molecule has 3 aliphatic rings. The lowest BCUT2D eigenvalue weighted by atomic mass is 10.0. The number of aliphatic hydroxyl groups excluding tert-OH is 1. The van der Waals surface area contributed by atoms with Gasteiger partial charge in [0.15, 0.2) is 19.7 Å². The molecule has 2 fully saturated rings. The lowest BCUT2D eigenvalue weighted by molar-refractivity contribution is 0.216. The molecular weight excluding hydrogens is 396 g/mol. The zero-order chi connectivity index (χ0) is 20.0. The molecule has 3 aliphatic carbocycles. The van der Waals surface area contributed by atoms with Gasteiger partial charge in [-0.25, -0.2) is 16.8 Å². The first-order valence-electron chi connectivity index (χ1n) is 10.2. The molecule has 1 unspecified atom stereocenters. The van der Waals surface area contributed by atoms with Crippen LogP contribution in [0.2, 0.25) is 0 Å². The lowest BCUT2D eigenvalue weighted by Crippen LogP contribution is -2.58. The van der Waals surface area contributed by atoms with Gasteiger partial charge in [-0.2, -0.15) is 0 Å². The summed E-state index contributed by atoms with van der Waals surface area (Å²) in [4.78, 5) is 0. The number of sulfone groups is 2. The average molecular weight is 425 g/mol. The van der Waals surface area contributed by atoms with Crippen molar-refractivity contribution in [3.8, 4) is 0 Å². The fourth-order valence-electron chi connectivity index (χ4n) is 5.29. The average Bonchev–Trinajstić information content (AvgIpc) is 3.43. The van der Waals surface area contributed by atoms with E-state index in [1.54, 1.807) is 30.3 Å². The molecule has 0 aromatic heterocycles. The van der Waals surface area contributed by atoms with Gasteiger partial charge in [0.05, 0.1) is 10.5 Å². The molecule has 2 saturated carbocycles. The summed E-state index contributed by atoms with van der Waals surface area (Å²) in [6.45, 7) is 0. The van der Waals surface area contributed by atoms with E-state index < -0.39 is 40.4 Å². The minimum absolute atomic E-state index is 0.157. The zero-order valence-corrected chi connectivity index (χ0v) is 17.6. The third kappa shape index (κ3) is 2.81.